The molecule has 0 saturated heterocycles. The molecule has 1 aliphatic rings. The maximum absolute atomic E-state index is 12.3. The molecule has 4 rings (SSSR count). The monoisotopic (exact) mass is 320 g/mol. The third-order valence-corrected chi connectivity index (χ3v) is 4.63. The molecular formula is C21H20O3. The molecule has 0 fully saturated rings. The van der Waals surface area contributed by atoms with Gasteiger partial charge in [0.05, 0.1) is 12.7 Å². The van der Waals surface area contributed by atoms with Gasteiger partial charge in [-0.3, -0.25) is 4.79 Å². The van der Waals surface area contributed by atoms with Crippen LogP contribution in [0.25, 0.3) is 11.0 Å². The van der Waals surface area contributed by atoms with Gasteiger partial charge in [0.1, 0.15) is 11.3 Å². The zero-order chi connectivity index (χ0) is 16.7. The summed E-state index contributed by atoms with van der Waals surface area (Å²) in [6, 6.07) is 10.1. The fraction of sp³-hybridized carbons (Fsp3) is 0.286. The summed E-state index contributed by atoms with van der Waals surface area (Å²) in [5.74, 6) is 0.342. The Labute approximate surface area is 141 Å². The number of rotatable bonds is 3. The standard InChI is InChI=1S/C21H20O3/c1-13-6-14(2)8-18(7-13)24-21(22)11-17-12-23-20-10-16-5-3-4-15(16)9-19(17)20/h6-10,12H,3-5,11H2,1-2H3. The van der Waals surface area contributed by atoms with Gasteiger partial charge in [-0.25, -0.2) is 0 Å². The van der Waals surface area contributed by atoms with E-state index in [0.29, 0.717) is 5.75 Å². The molecule has 3 aromatic rings. The van der Waals surface area contributed by atoms with Crippen LogP contribution in [0, 0.1) is 13.8 Å². The summed E-state index contributed by atoms with van der Waals surface area (Å²) in [5.41, 5.74) is 6.69. The van der Waals surface area contributed by atoms with E-state index in [0.717, 1.165) is 40.5 Å². The first-order chi connectivity index (χ1) is 11.6. The number of ether oxygens (including phenoxy) is 1. The van der Waals surface area contributed by atoms with Gasteiger partial charge in [0.25, 0.3) is 0 Å². The molecule has 0 aliphatic heterocycles. The highest BCUT2D eigenvalue weighted by atomic mass is 16.5. The molecule has 1 aliphatic carbocycles. The van der Waals surface area contributed by atoms with Crippen molar-refractivity contribution >= 4 is 16.9 Å². The lowest BCUT2D eigenvalue weighted by Crippen LogP contribution is -2.11. The third-order valence-electron chi connectivity index (χ3n) is 4.63. The molecule has 3 heteroatoms. The number of hydrogen-bond donors (Lipinski definition) is 0. The quantitative estimate of drug-likeness (QED) is 0.519. The highest BCUT2D eigenvalue weighted by Gasteiger charge is 2.17. The third kappa shape index (κ3) is 2.82. The Morgan fingerprint density at radius 2 is 1.75 bits per heavy atom. The molecule has 1 aromatic heterocycles. The fourth-order valence-corrected chi connectivity index (χ4v) is 3.60. The van der Waals surface area contributed by atoms with Gasteiger partial charge in [-0.2, -0.15) is 0 Å². The average molecular weight is 320 g/mol. The molecule has 0 radical (unpaired) electrons. The van der Waals surface area contributed by atoms with Gasteiger partial charge in [-0.15, -0.1) is 0 Å². The van der Waals surface area contributed by atoms with E-state index >= 15 is 0 Å². The number of hydrogen-bond acceptors (Lipinski definition) is 3. The van der Waals surface area contributed by atoms with Gasteiger partial charge in [0.2, 0.25) is 0 Å². The van der Waals surface area contributed by atoms with Crippen LogP contribution in [0.1, 0.15) is 34.2 Å². The summed E-state index contributed by atoms with van der Waals surface area (Å²) in [7, 11) is 0. The van der Waals surface area contributed by atoms with E-state index in [1.165, 1.54) is 17.5 Å². The minimum absolute atomic E-state index is 0.221. The lowest BCUT2D eigenvalue weighted by Gasteiger charge is -2.06. The summed E-state index contributed by atoms with van der Waals surface area (Å²) < 4.78 is 11.2. The van der Waals surface area contributed by atoms with Crippen molar-refractivity contribution in [2.24, 2.45) is 0 Å². The molecule has 0 saturated carbocycles. The van der Waals surface area contributed by atoms with Gasteiger partial charge >= 0.3 is 5.97 Å². The maximum Gasteiger partial charge on any atom is 0.315 e. The topological polar surface area (TPSA) is 39.4 Å². The van der Waals surface area contributed by atoms with Crippen LogP contribution >= 0.6 is 0 Å². The SMILES string of the molecule is Cc1cc(C)cc(OC(=O)Cc2coc3cc4c(cc23)CCC4)c1. The van der Waals surface area contributed by atoms with Crippen molar-refractivity contribution in [3.63, 3.8) is 0 Å². The van der Waals surface area contributed by atoms with E-state index in [4.69, 9.17) is 9.15 Å². The summed E-state index contributed by atoms with van der Waals surface area (Å²) in [5, 5.41) is 1.04. The van der Waals surface area contributed by atoms with Crippen LogP contribution < -0.4 is 4.74 Å². The predicted molar refractivity (Wildman–Crippen MR) is 93.5 cm³/mol. The Morgan fingerprint density at radius 1 is 1.04 bits per heavy atom. The summed E-state index contributed by atoms with van der Waals surface area (Å²) in [6.45, 7) is 3.99. The highest BCUT2D eigenvalue weighted by molar-refractivity contribution is 5.87. The molecule has 0 bridgehead atoms. The number of fused-ring (bicyclic) bond motifs is 2. The molecule has 0 spiro atoms. The van der Waals surface area contributed by atoms with Crippen molar-refractivity contribution in [1.29, 1.82) is 0 Å². The van der Waals surface area contributed by atoms with Crippen molar-refractivity contribution in [2.45, 2.75) is 39.5 Å². The number of benzene rings is 2. The molecule has 0 atom stereocenters. The molecule has 24 heavy (non-hydrogen) atoms. The smallest absolute Gasteiger partial charge is 0.315 e. The fourth-order valence-electron chi connectivity index (χ4n) is 3.60. The Bertz CT molecular complexity index is 913. The number of carbonyl (C=O) groups is 1. The molecule has 3 nitrogen and oxygen atoms in total. The lowest BCUT2D eigenvalue weighted by atomic mass is 10.0. The van der Waals surface area contributed by atoms with Gasteiger partial charge in [0.15, 0.2) is 0 Å². The molecule has 1 heterocycles. The molecular weight excluding hydrogens is 300 g/mol. The summed E-state index contributed by atoms with van der Waals surface area (Å²) in [6.07, 6.45) is 5.34. The van der Waals surface area contributed by atoms with Crippen LogP contribution in [0.5, 0.6) is 5.75 Å². The second-order valence-electron chi connectivity index (χ2n) is 6.71. The van der Waals surface area contributed by atoms with E-state index in [-0.39, 0.29) is 12.4 Å². The zero-order valence-electron chi connectivity index (χ0n) is 14.0. The first-order valence-electron chi connectivity index (χ1n) is 8.39. The summed E-state index contributed by atoms with van der Waals surface area (Å²) in [4.78, 5) is 12.3. The van der Waals surface area contributed by atoms with Crippen molar-refractivity contribution in [3.8, 4) is 5.75 Å². The summed E-state index contributed by atoms with van der Waals surface area (Å²) >= 11 is 0. The molecule has 0 unspecified atom stereocenters. The van der Waals surface area contributed by atoms with Gasteiger partial charge in [-0.05, 0) is 79.6 Å². The molecule has 0 N–H and O–H groups in total. The minimum atomic E-state index is -0.261. The van der Waals surface area contributed by atoms with E-state index < -0.39 is 0 Å². The second-order valence-corrected chi connectivity index (χ2v) is 6.71. The molecule has 2 aromatic carbocycles. The number of carbonyl (C=O) groups excluding carboxylic acids is 1. The largest absolute Gasteiger partial charge is 0.464 e. The van der Waals surface area contributed by atoms with Crippen LogP contribution in [0.15, 0.2) is 41.0 Å². The van der Waals surface area contributed by atoms with Crippen molar-refractivity contribution in [1.82, 2.24) is 0 Å². The maximum atomic E-state index is 12.3. The normalized spacial score (nSPS) is 13.2. The van der Waals surface area contributed by atoms with Gasteiger partial charge < -0.3 is 9.15 Å². The van der Waals surface area contributed by atoms with E-state index in [9.17, 15) is 4.79 Å². The van der Waals surface area contributed by atoms with E-state index in [2.05, 4.69) is 18.2 Å². The Balaban J connectivity index is 1.56. The Kier molecular flexibility index (Phi) is 3.64. The zero-order valence-corrected chi connectivity index (χ0v) is 14.0. The van der Waals surface area contributed by atoms with Gasteiger partial charge in [0, 0.05) is 10.9 Å². The van der Waals surface area contributed by atoms with Crippen molar-refractivity contribution < 1.29 is 13.9 Å². The number of furan rings is 1. The Hall–Kier alpha value is -2.55. The van der Waals surface area contributed by atoms with Gasteiger partial charge in [-0.1, -0.05) is 6.07 Å². The first kappa shape index (κ1) is 15.0. The second kappa shape index (κ2) is 5.82. The highest BCUT2D eigenvalue weighted by Crippen LogP contribution is 2.30. The average Bonchev–Trinajstić information content (AvgIpc) is 3.10. The predicted octanol–water partition coefficient (Wildman–Crippen LogP) is 4.69. The van der Waals surface area contributed by atoms with Crippen LogP contribution in [-0.2, 0) is 24.1 Å². The minimum Gasteiger partial charge on any atom is -0.464 e. The van der Waals surface area contributed by atoms with Crippen LogP contribution in [-0.4, -0.2) is 5.97 Å². The van der Waals surface area contributed by atoms with E-state index in [1.54, 1.807) is 6.26 Å². The lowest BCUT2D eigenvalue weighted by molar-refractivity contribution is -0.133. The van der Waals surface area contributed by atoms with E-state index in [1.807, 2.05) is 26.0 Å². The first-order valence-corrected chi connectivity index (χ1v) is 8.39. The molecule has 122 valence electrons. The Morgan fingerprint density at radius 3 is 2.50 bits per heavy atom. The van der Waals surface area contributed by atoms with Crippen LogP contribution in [0.3, 0.4) is 0 Å². The number of aryl methyl sites for hydroxylation is 4. The molecule has 0 amide bonds. The number of esters is 1. The van der Waals surface area contributed by atoms with Crippen molar-refractivity contribution in [3.05, 3.63) is 64.4 Å². The van der Waals surface area contributed by atoms with Crippen LogP contribution in [0.2, 0.25) is 0 Å². The van der Waals surface area contributed by atoms with Crippen molar-refractivity contribution in [2.75, 3.05) is 0 Å². The van der Waals surface area contributed by atoms with Crippen LogP contribution in [0.4, 0.5) is 0 Å².